The Labute approximate surface area is 69.7 Å². The molecule has 0 unspecified atom stereocenters. The molecular weight excluding hydrogens is 164 g/mol. The van der Waals surface area contributed by atoms with E-state index in [1.54, 1.807) is 0 Å². The fourth-order valence-electron chi connectivity index (χ4n) is 0.214. The number of rotatable bonds is 1. The molecule has 6 heteroatoms. The summed E-state index contributed by atoms with van der Waals surface area (Å²) in [5.74, 6) is -3.49. The maximum absolute atomic E-state index is 10.1. The van der Waals surface area contributed by atoms with Crippen LogP contribution >= 0.6 is 0 Å². The first-order chi connectivity index (χ1) is 5.57. The van der Waals surface area contributed by atoms with E-state index < -0.39 is 24.3 Å². The summed E-state index contributed by atoms with van der Waals surface area (Å²) >= 11 is 0. The first-order valence-electron chi connectivity index (χ1n) is 3.29. The van der Waals surface area contributed by atoms with E-state index in [4.69, 9.17) is 15.9 Å². The summed E-state index contributed by atoms with van der Waals surface area (Å²) in [5, 5.41) is 16.1. The van der Waals surface area contributed by atoms with Gasteiger partial charge in [0.15, 0.2) is 0 Å². The quantitative estimate of drug-likeness (QED) is 0.268. The minimum atomic E-state index is -1.70. The number of nitrogens with zero attached hydrogens (tertiary/aromatic N) is 1. The average Bonchev–Trinajstić information content (AvgIpc) is 2.07. The van der Waals surface area contributed by atoms with Gasteiger partial charge in [-0.25, -0.2) is 4.79 Å². The number of carboxylic acids is 1. The molecule has 0 aromatic rings. The average molecular weight is 176 g/mol. The van der Waals surface area contributed by atoms with E-state index in [0.29, 0.717) is 0 Å². The highest BCUT2D eigenvalue weighted by Crippen LogP contribution is 1.75. The molecule has 0 saturated carbocycles. The van der Waals surface area contributed by atoms with Gasteiger partial charge in [0, 0.05) is 0 Å². The number of hydrogen-bond acceptors (Lipinski definition) is 3. The summed E-state index contributed by atoms with van der Waals surface area (Å²) < 4.78 is 0. The maximum atomic E-state index is 10.1. The van der Waals surface area contributed by atoms with Crippen molar-refractivity contribution in [3.63, 3.8) is 0 Å². The van der Waals surface area contributed by atoms with Crippen LogP contribution in [0.1, 0.15) is 13.8 Å². The van der Waals surface area contributed by atoms with Crippen molar-refractivity contribution in [1.82, 2.24) is 0 Å². The van der Waals surface area contributed by atoms with Gasteiger partial charge in [0.2, 0.25) is 0 Å². The molecular formula is C6H12N2O4. The van der Waals surface area contributed by atoms with Crippen LogP contribution < -0.4 is 5.73 Å². The van der Waals surface area contributed by atoms with E-state index in [2.05, 4.69) is 4.99 Å². The maximum Gasteiger partial charge on any atom is 0.396 e. The lowest BCUT2D eigenvalue weighted by molar-refractivity contribution is -0.148. The molecule has 70 valence electrons. The van der Waals surface area contributed by atoms with Gasteiger partial charge in [-0.3, -0.25) is 4.79 Å². The van der Waals surface area contributed by atoms with Crippen LogP contribution in [-0.2, 0) is 9.59 Å². The monoisotopic (exact) mass is 176 g/mol. The third-order valence-corrected chi connectivity index (χ3v) is 0.590. The Balaban J connectivity index is 0. The summed E-state index contributed by atoms with van der Waals surface area (Å²) in [6.45, 7) is 3.37. The Morgan fingerprint density at radius 1 is 1.42 bits per heavy atom. The number of carbonyl (C=O) groups is 2. The molecule has 0 fully saturated rings. The molecule has 6 nitrogen and oxygen atoms in total. The van der Waals surface area contributed by atoms with E-state index in [1.165, 1.54) is 0 Å². The molecule has 0 saturated heterocycles. The van der Waals surface area contributed by atoms with Gasteiger partial charge in [-0.15, -0.1) is 0 Å². The first kappa shape index (κ1) is 13.2. The topological polar surface area (TPSA) is 113 Å². The minimum absolute atomic E-state index is 0.410. The summed E-state index contributed by atoms with van der Waals surface area (Å²) in [4.78, 5) is 22.7. The number of aliphatic hydroxyl groups is 1. The third kappa shape index (κ3) is 6.69. The van der Waals surface area contributed by atoms with Crippen LogP contribution in [0.5, 0.6) is 0 Å². The zero-order valence-electron chi connectivity index (χ0n) is 6.94. The van der Waals surface area contributed by atoms with Crippen LogP contribution in [0, 0.1) is 0 Å². The van der Waals surface area contributed by atoms with Crippen molar-refractivity contribution in [2.45, 2.75) is 13.8 Å². The Bertz CT molecular complexity index is 188. The summed E-state index contributed by atoms with van der Waals surface area (Å²) in [6.07, 6.45) is 0. The first-order valence-corrected chi connectivity index (χ1v) is 3.29. The molecule has 0 bridgehead atoms. The normalized spacial score (nSPS) is 9.75. The smallest absolute Gasteiger partial charge is 0.396 e. The molecule has 0 spiro atoms. The standard InChI is InChI=1S/C4H6N2O4.C2H6/c5-2(1-7)6-3(8)4(9)10;1-2/h7H,1H2,(H,9,10)(H2,5,6,8);1-2H3. The lowest BCUT2D eigenvalue weighted by Gasteiger charge is -1.89. The number of hydrogen-bond donors (Lipinski definition) is 3. The number of carbonyl (C=O) groups excluding carboxylic acids is 1. The van der Waals surface area contributed by atoms with E-state index in [-0.39, 0.29) is 0 Å². The zero-order valence-corrected chi connectivity index (χ0v) is 6.94. The molecule has 0 rings (SSSR count). The van der Waals surface area contributed by atoms with Crippen molar-refractivity contribution in [2.75, 3.05) is 6.61 Å². The van der Waals surface area contributed by atoms with Gasteiger partial charge in [-0.05, 0) is 0 Å². The van der Waals surface area contributed by atoms with Crippen LogP contribution in [-0.4, -0.2) is 34.5 Å². The third-order valence-electron chi connectivity index (χ3n) is 0.590. The van der Waals surface area contributed by atoms with Crippen molar-refractivity contribution in [2.24, 2.45) is 10.7 Å². The molecule has 0 aromatic carbocycles. The van der Waals surface area contributed by atoms with Crippen molar-refractivity contribution in [3.8, 4) is 0 Å². The molecule has 4 N–H and O–H groups in total. The highest BCUT2D eigenvalue weighted by atomic mass is 16.4. The van der Waals surface area contributed by atoms with Crippen molar-refractivity contribution < 1.29 is 19.8 Å². The van der Waals surface area contributed by atoms with Gasteiger partial charge < -0.3 is 15.9 Å². The van der Waals surface area contributed by atoms with Crippen LogP contribution in [0.2, 0.25) is 0 Å². The second-order valence-corrected chi connectivity index (χ2v) is 1.37. The van der Waals surface area contributed by atoms with Gasteiger partial charge in [0.1, 0.15) is 12.4 Å². The van der Waals surface area contributed by atoms with E-state index >= 15 is 0 Å². The van der Waals surface area contributed by atoms with Crippen molar-refractivity contribution in [3.05, 3.63) is 0 Å². The highest BCUT2D eigenvalue weighted by Gasteiger charge is 2.08. The molecule has 0 aliphatic carbocycles. The molecule has 0 radical (unpaired) electrons. The van der Waals surface area contributed by atoms with Crippen LogP contribution in [0.15, 0.2) is 4.99 Å². The molecule has 12 heavy (non-hydrogen) atoms. The Kier molecular flexibility index (Phi) is 8.43. The van der Waals surface area contributed by atoms with Crippen LogP contribution in [0.4, 0.5) is 0 Å². The summed E-state index contributed by atoms with van der Waals surface area (Å²) in [7, 11) is 0. The predicted octanol–water partition coefficient (Wildman–Crippen LogP) is -1.03. The number of nitrogens with two attached hydrogens (primary N) is 1. The number of amides is 1. The summed E-state index contributed by atoms with van der Waals surface area (Å²) in [5.41, 5.74) is 4.83. The SMILES string of the molecule is CC.NC(CO)=NC(=O)C(=O)O. The Morgan fingerprint density at radius 3 is 2.08 bits per heavy atom. The second-order valence-electron chi connectivity index (χ2n) is 1.37. The molecule has 0 atom stereocenters. The van der Waals surface area contributed by atoms with Crippen LogP contribution in [0.3, 0.4) is 0 Å². The molecule has 0 aromatic heterocycles. The van der Waals surface area contributed by atoms with Crippen molar-refractivity contribution in [1.29, 1.82) is 0 Å². The van der Waals surface area contributed by atoms with Gasteiger partial charge in [0.05, 0.1) is 0 Å². The predicted molar refractivity (Wildman–Crippen MR) is 42.7 cm³/mol. The fraction of sp³-hybridized carbons (Fsp3) is 0.500. The van der Waals surface area contributed by atoms with Gasteiger partial charge in [-0.1, -0.05) is 13.8 Å². The number of aliphatic imine (C=N–C) groups is 1. The number of carboxylic acid groups (broad SMARTS) is 1. The summed E-state index contributed by atoms with van der Waals surface area (Å²) in [6, 6.07) is 0. The number of aliphatic carboxylic acids is 1. The molecule has 0 aliphatic rings. The Morgan fingerprint density at radius 2 is 1.83 bits per heavy atom. The van der Waals surface area contributed by atoms with Gasteiger partial charge >= 0.3 is 11.9 Å². The van der Waals surface area contributed by atoms with E-state index in [1.807, 2.05) is 13.8 Å². The van der Waals surface area contributed by atoms with E-state index in [9.17, 15) is 9.59 Å². The lowest BCUT2D eigenvalue weighted by Crippen LogP contribution is -2.21. The number of amidine groups is 1. The van der Waals surface area contributed by atoms with Crippen LogP contribution in [0.25, 0.3) is 0 Å². The van der Waals surface area contributed by atoms with Gasteiger partial charge in [-0.2, -0.15) is 4.99 Å². The molecule has 1 amide bonds. The largest absolute Gasteiger partial charge is 0.474 e. The molecule has 0 heterocycles. The van der Waals surface area contributed by atoms with E-state index in [0.717, 1.165) is 0 Å². The second kappa shape index (κ2) is 7.67. The van der Waals surface area contributed by atoms with Gasteiger partial charge in [0.25, 0.3) is 0 Å². The lowest BCUT2D eigenvalue weighted by atomic mass is 10.6. The highest BCUT2D eigenvalue weighted by molar-refractivity contribution is 6.33. The number of aliphatic hydroxyl groups excluding tert-OH is 1. The minimum Gasteiger partial charge on any atom is -0.474 e. The zero-order chi connectivity index (χ0) is 10.1. The fourth-order valence-corrected chi connectivity index (χ4v) is 0.214. The van der Waals surface area contributed by atoms with Crippen molar-refractivity contribution >= 4 is 17.7 Å². The molecule has 0 aliphatic heterocycles. The Hall–Kier alpha value is -1.43.